The van der Waals surface area contributed by atoms with Crippen molar-refractivity contribution in [3.63, 3.8) is 0 Å². The highest BCUT2D eigenvalue weighted by molar-refractivity contribution is 7.12. The fraction of sp³-hybridized carbons (Fsp3) is 0.667. The minimum Gasteiger partial charge on any atom is -1.00 e. The van der Waals surface area contributed by atoms with E-state index >= 15 is 0 Å². The molecule has 1 aliphatic heterocycles. The second kappa shape index (κ2) is 9.79. The molecule has 0 bridgehead atoms. The Morgan fingerprint density at radius 2 is 1.12 bits per heavy atom. The summed E-state index contributed by atoms with van der Waals surface area (Å²) in [6.07, 6.45) is 0. The SMILES string of the molecule is C.C.C.C.Cc1sc(C)c2c1OCCO2.[Cl-]. The molecule has 0 unspecified atom stereocenters. The van der Waals surface area contributed by atoms with Crippen LogP contribution in [0.15, 0.2) is 0 Å². The van der Waals surface area contributed by atoms with Crippen LogP contribution in [0.2, 0.25) is 0 Å². The van der Waals surface area contributed by atoms with Crippen LogP contribution in [0.4, 0.5) is 0 Å². The molecule has 2 heterocycles. The van der Waals surface area contributed by atoms with Crippen molar-refractivity contribution in [2.45, 2.75) is 43.6 Å². The molecule has 2 rings (SSSR count). The number of ether oxygens (including phenoxy) is 2. The third kappa shape index (κ3) is 4.22. The summed E-state index contributed by atoms with van der Waals surface area (Å²) in [5.41, 5.74) is 0. The molecule has 0 aromatic carbocycles. The average molecular weight is 270 g/mol. The van der Waals surface area contributed by atoms with Gasteiger partial charge >= 0.3 is 0 Å². The maximum atomic E-state index is 5.46. The molecule has 100 valence electrons. The summed E-state index contributed by atoms with van der Waals surface area (Å²) < 4.78 is 10.9. The minimum absolute atomic E-state index is 0. The fourth-order valence-electron chi connectivity index (χ4n) is 1.26. The zero-order valence-electron chi connectivity index (χ0n) is 7.02. The van der Waals surface area contributed by atoms with Crippen molar-refractivity contribution in [3.05, 3.63) is 9.75 Å². The standard InChI is InChI=1S/C8H10O2S.4CH4.ClH/c1-5-7-8(6(2)11-5)10-4-3-9-7;;;;;/h3-4H2,1-2H3;4*1H4;1H/p-1. The summed E-state index contributed by atoms with van der Waals surface area (Å²) >= 11 is 1.74. The van der Waals surface area contributed by atoms with Crippen LogP contribution in [0.5, 0.6) is 11.5 Å². The Kier molecular flexibility index (Phi) is 15.1. The van der Waals surface area contributed by atoms with Crippen molar-refractivity contribution < 1.29 is 21.9 Å². The highest BCUT2D eigenvalue weighted by Gasteiger charge is 2.19. The van der Waals surface area contributed by atoms with Crippen LogP contribution in [0.25, 0.3) is 0 Å². The van der Waals surface area contributed by atoms with Gasteiger partial charge < -0.3 is 21.9 Å². The smallest absolute Gasteiger partial charge is 0.175 e. The lowest BCUT2D eigenvalue weighted by molar-refractivity contribution is -0.00000441. The molecule has 0 aliphatic carbocycles. The van der Waals surface area contributed by atoms with Gasteiger partial charge in [-0.2, -0.15) is 0 Å². The maximum absolute atomic E-state index is 5.46. The van der Waals surface area contributed by atoms with E-state index in [0.29, 0.717) is 13.2 Å². The van der Waals surface area contributed by atoms with E-state index in [4.69, 9.17) is 9.47 Å². The fourth-order valence-corrected chi connectivity index (χ4v) is 2.21. The molecule has 0 fully saturated rings. The molecule has 16 heavy (non-hydrogen) atoms. The summed E-state index contributed by atoms with van der Waals surface area (Å²) in [5.74, 6) is 1.91. The first-order valence-electron chi connectivity index (χ1n) is 3.64. The van der Waals surface area contributed by atoms with Crippen molar-refractivity contribution in [1.29, 1.82) is 0 Å². The van der Waals surface area contributed by atoms with Gasteiger partial charge in [0.1, 0.15) is 13.2 Å². The van der Waals surface area contributed by atoms with Crippen LogP contribution >= 0.6 is 11.3 Å². The van der Waals surface area contributed by atoms with Crippen LogP contribution in [-0.4, -0.2) is 13.2 Å². The Morgan fingerprint density at radius 3 is 1.44 bits per heavy atom. The summed E-state index contributed by atoms with van der Waals surface area (Å²) in [6, 6.07) is 0. The first-order valence-corrected chi connectivity index (χ1v) is 4.46. The molecule has 1 aromatic rings. The number of hydrogen-bond acceptors (Lipinski definition) is 3. The molecule has 1 aromatic heterocycles. The zero-order valence-corrected chi connectivity index (χ0v) is 8.59. The van der Waals surface area contributed by atoms with Gasteiger partial charge in [-0.1, -0.05) is 29.7 Å². The molecule has 0 N–H and O–H groups in total. The average Bonchev–Trinajstić information content (AvgIpc) is 2.30. The molecule has 2 nitrogen and oxygen atoms in total. The topological polar surface area (TPSA) is 18.5 Å². The first kappa shape index (κ1) is 24.7. The van der Waals surface area contributed by atoms with Crippen LogP contribution in [-0.2, 0) is 0 Å². The Bertz CT molecular complexity index is 258. The molecule has 0 atom stereocenters. The van der Waals surface area contributed by atoms with Gasteiger partial charge in [-0.3, -0.25) is 0 Å². The molecule has 0 saturated heterocycles. The Hall–Kier alpha value is -0.410. The van der Waals surface area contributed by atoms with E-state index < -0.39 is 0 Å². The van der Waals surface area contributed by atoms with Crippen LogP contribution in [0, 0.1) is 13.8 Å². The third-order valence-electron chi connectivity index (χ3n) is 1.73. The monoisotopic (exact) mass is 269 g/mol. The molecule has 4 heteroatoms. The highest BCUT2D eigenvalue weighted by Crippen LogP contribution is 2.42. The van der Waals surface area contributed by atoms with Crippen LogP contribution < -0.4 is 21.9 Å². The van der Waals surface area contributed by atoms with Gasteiger partial charge in [0, 0.05) is 9.75 Å². The minimum atomic E-state index is 0. The Labute approximate surface area is 111 Å². The number of fused-ring (bicyclic) bond motifs is 1. The predicted octanol–water partition coefficient (Wildman–Crippen LogP) is 1.68. The molecular weight excluding hydrogens is 244 g/mol. The van der Waals surface area contributed by atoms with E-state index in [9.17, 15) is 0 Å². The predicted molar refractivity (Wildman–Crippen MR) is 71.7 cm³/mol. The van der Waals surface area contributed by atoms with Gasteiger partial charge in [0.15, 0.2) is 11.5 Å². The van der Waals surface area contributed by atoms with E-state index in [2.05, 4.69) is 13.8 Å². The lowest BCUT2D eigenvalue weighted by atomic mass is 10.3. The largest absolute Gasteiger partial charge is 1.00 e. The van der Waals surface area contributed by atoms with Gasteiger partial charge in [-0.25, -0.2) is 0 Å². The number of rotatable bonds is 0. The number of thiophene rings is 1. The van der Waals surface area contributed by atoms with Crippen LogP contribution in [0.3, 0.4) is 0 Å². The Balaban J connectivity index is -0.000000144. The quantitative estimate of drug-likeness (QED) is 0.714. The molecule has 0 spiro atoms. The van der Waals surface area contributed by atoms with Crippen molar-refractivity contribution in [3.8, 4) is 11.5 Å². The number of aryl methyl sites for hydroxylation is 2. The summed E-state index contributed by atoms with van der Waals surface area (Å²) in [4.78, 5) is 2.44. The first-order chi connectivity index (χ1) is 5.29. The third-order valence-corrected chi connectivity index (χ3v) is 2.71. The molecule has 0 radical (unpaired) electrons. The van der Waals surface area contributed by atoms with Crippen molar-refractivity contribution in [1.82, 2.24) is 0 Å². The Morgan fingerprint density at radius 1 is 0.812 bits per heavy atom. The van der Waals surface area contributed by atoms with Crippen molar-refractivity contribution in [2.24, 2.45) is 0 Å². The number of hydrogen-bond donors (Lipinski definition) is 0. The van der Waals surface area contributed by atoms with Crippen molar-refractivity contribution >= 4 is 11.3 Å². The summed E-state index contributed by atoms with van der Waals surface area (Å²) in [6.45, 7) is 5.49. The number of halogens is 1. The van der Waals surface area contributed by atoms with Gasteiger partial charge in [0.2, 0.25) is 0 Å². The second-order valence-electron chi connectivity index (χ2n) is 2.57. The van der Waals surface area contributed by atoms with Gasteiger partial charge in [0.25, 0.3) is 0 Å². The highest BCUT2D eigenvalue weighted by atomic mass is 35.5. The van der Waals surface area contributed by atoms with E-state index in [1.807, 2.05) is 0 Å². The maximum Gasteiger partial charge on any atom is 0.175 e. The molecule has 1 aliphatic rings. The van der Waals surface area contributed by atoms with Crippen LogP contribution in [0.1, 0.15) is 39.5 Å². The lowest BCUT2D eigenvalue weighted by Crippen LogP contribution is -3.00. The van der Waals surface area contributed by atoms with Gasteiger partial charge in [0.05, 0.1) is 0 Å². The van der Waals surface area contributed by atoms with E-state index in [1.54, 1.807) is 11.3 Å². The second-order valence-corrected chi connectivity index (χ2v) is 4.00. The van der Waals surface area contributed by atoms with Crippen molar-refractivity contribution in [2.75, 3.05) is 13.2 Å². The van der Waals surface area contributed by atoms with E-state index in [0.717, 1.165) is 11.5 Å². The van der Waals surface area contributed by atoms with Gasteiger partial charge in [-0.15, -0.1) is 11.3 Å². The van der Waals surface area contributed by atoms with Gasteiger partial charge in [-0.05, 0) is 13.8 Å². The molecular formula is C12H26ClO2S-. The lowest BCUT2D eigenvalue weighted by Gasteiger charge is -2.15. The normalized spacial score (nSPS) is 10.4. The van der Waals surface area contributed by atoms with E-state index in [-0.39, 0.29) is 42.1 Å². The van der Waals surface area contributed by atoms with E-state index in [1.165, 1.54) is 9.75 Å². The molecule has 0 amide bonds. The summed E-state index contributed by atoms with van der Waals surface area (Å²) in [7, 11) is 0. The zero-order chi connectivity index (χ0) is 7.84. The molecule has 0 saturated carbocycles. The summed E-state index contributed by atoms with van der Waals surface area (Å²) in [5, 5.41) is 0.